The molecule has 3 aliphatic rings. The molecule has 2 fully saturated rings. The number of hydrogen-bond donors (Lipinski definition) is 2. The highest BCUT2D eigenvalue weighted by Crippen LogP contribution is 2.54. The second kappa shape index (κ2) is 9.93. The number of pyridine rings is 1. The van der Waals surface area contributed by atoms with Gasteiger partial charge < -0.3 is 14.8 Å². The number of nitrogens with zero attached hydrogens (tertiary/aromatic N) is 3. The summed E-state index contributed by atoms with van der Waals surface area (Å²) in [7, 11) is 0. The molecule has 2 N–H and O–H groups in total. The van der Waals surface area contributed by atoms with E-state index in [1.807, 2.05) is 12.4 Å². The third kappa shape index (κ3) is 4.53. The Bertz CT molecular complexity index is 1380. The molecular weight excluding hydrogens is 488 g/mol. The molecule has 6 rings (SSSR count). The van der Waals surface area contributed by atoms with Gasteiger partial charge in [0.1, 0.15) is 5.65 Å². The molecule has 7 heteroatoms. The Balaban J connectivity index is 1.50. The molecule has 208 valence electrons. The number of amides is 1. The van der Waals surface area contributed by atoms with Gasteiger partial charge in [-0.25, -0.2) is 9.78 Å². The molecule has 0 saturated carbocycles. The molecule has 3 aliphatic heterocycles. The zero-order valence-corrected chi connectivity index (χ0v) is 23.8. The minimum absolute atomic E-state index is 0.267. The van der Waals surface area contributed by atoms with Crippen LogP contribution in [-0.4, -0.2) is 63.8 Å². The van der Waals surface area contributed by atoms with Gasteiger partial charge in [0.25, 0.3) is 0 Å². The van der Waals surface area contributed by atoms with Gasteiger partial charge in [-0.1, -0.05) is 26.8 Å². The summed E-state index contributed by atoms with van der Waals surface area (Å²) in [6, 6.07) is 6.90. The molecule has 0 aliphatic carbocycles. The zero-order valence-electron chi connectivity index (χ0n) is 23.8. The molecule has 2 saturated heterocycles. The van der Waals surface area contributed by atoms with Crippen molar-refractivity contribution in [2.75, 3.05) is 32.8 Å². The molecule has 39 heavy (non-hydrogen) atoms. The average molecular weight is 531 g/mol. The number of likely N-dealkylation sites (tertiary alicyclic amines) is 1. The first-order chi connectivity index (χ1) is 18.7. The molecule has 0 radical (unpaired) electrons. The minimum atomic E-state index is -0.817. The Kier molecular flexibility index (Phi) is 6.71. The highest BCUT2D eigenvalue weighted by Gasteiger charge is 2.54. The van der Waals surface area contributed by atoms with Crippen LogP contribution in [0.15, 0.2) is 30.6 Å². The average Bonchev–Trinajstić information content (AvgIpc) is 3.53. The first-order valence-electron chi connectivity index (χ1n) is 14.6. The predicted octanol–water partition coefficient (Wildman–Crippen LogP) is 6.34. The summed E-state index contributed by atoms with van der Waals surface area (Å²) in [6.07, 6.45) is 8.09. The number of nitrogens with one attached hydrogen (secondary N) is 1. The lowest BCUT2D eigenvalue weighted by molar-refractivity contribution is 0.0255. The molecule has 0 bridgehead atoms. The Morgan fingerprint density at radius 1 is 1.18 bits per heavy atom. The van der Waals surface area contributed by atoms with Gasteiger partial charge in [0.2, 0.25) is 0 Å². The third-order valence-corrected chi connectivity index (χ3v) is 9.65. The Morgan fingerprint density at radius 3 is 2.72 bits per heavy atom. The van der Waals surface area contributed by atoms with Crippen LogP contribution < -0.4 is 0 Å². The molecule has 2 aromatic heterocycles. The molecule has 1 atom stereocenters. The number of hydrogen-bond acceptors (Lipinski definition) is 4. The van der Waals surface area contributed by atoms with Gasteiger partial charge in [0.15, 0.2) is 0 Å². The maximum absolute atomic E-state index is 12.7. The van der Waals surface area contributed by atoms with Crippen molar-refractivity contribution in [3.05, 3.63) is 52.8 Å². The second-order valence-corrected chi connectivity index (χ2v) is 12.9. The number of aromatic nitrogens is 2. The summed E-state index contributed by atoms with van der Waals surface area (Å²) < 4.78 is 5.61. The van der Waals surface area contributed by atoms with Crippen molar-refractivity contribution >= 4 is 17.1 Å². The molecule has 1 aromatic carbocycles. The van der Waals surface area contributed by atoms with Gasteiger partial charge >= 0.3 is 6.09 Å². The fraction of sp³-hybridized carbons (Fsp3) is 0.562. The number of aromatic amines is 1. The van der Waals surface area contributed by atoms with E-state index in [9.17, 15) is 9.90 Å². The third-order valence-electron chi connectivity index (χ3n) is 9.65. The highest BCUT2D eigenvalue weighted by atomic mass is 16.5. The van der Waals surface area contributed by atoms with Crippen LogP contribution in [-0.2, 0) is 23.2 Å². The quantitative estimate of drug-likeness (QED) is 0.411. The summed E-state index contributed by atoms with van der Waals surface area (Å²) in [6.45, 7) is 14.1. The largest absolute Gasteiger partial charge is 0.465 e. The van der Waals surface area contributed by atoms with E-state index in [0.717, 1.165) is 87.1 Å². The first-order valence-corrected chi connectivity index (χ1v) is 14.6. The van der Waals surface area contributed by atoms with Gasteiger partial charge in [0.05, 0.1) is 5.54 Å². The van der Waals surface area contributed by atoms with Gasteiger partial charge in [-0.15, -0.1) is 0 Å². The Hall–Kier alpha value is -2.90. The van der Waals surface area contributed by atoms with E-state index in [1.165, 1.54) is 22.3 Å². The number of aryl methyl sites for hydroxylation is 1. The van der Waals surface area contributed by atoms with E-state index >= 15 is 0 Å². The van der Waals surface area contributed by atoms with Crippen molar-refractivity contribution in [3.8, 4) is 11.1 Å². The van der Waals surface area contributed by atoms with Crippen LogP contribution in [0.1, 0.15) is 68.7 Å². The molecule has 1 amide bonds. The highest BCUT2D eigenvalue weighted by molar-refractivity contribution is 5.84. The van der Waals surface area contributed by atoms with Crippen LogP contribution in [0.3, 0.4) is 0 Å². The summed E-state index contributed by atoms with van der Waals surface area (Å²) >= 11 is 0. The summed E-state index contributed by atoms with van der Waals surface area (Å²) in [5, 5.41) is 11.6. The van der Waals surface area contributed by atoms with Gasteiger partial charge in [-0.05, 0) is 90.3 Å². The number of carboxylic acid groups (broad SMARTS) is 1. The van der Waals surface area contributed by atoms with E-state index < -0.39 is 11.6 Å². The maximum Gasteiger partial charge on any atom is 0.408 e. The SMILES string of the molecule is Cc1c[nH]c2ncc(-c3cc4c(c(C5(C(C)(C)C)CCCN5C(=O)O)c3)CN(CC3CCOCC3)CC4)cc12. The number of H-pyrrole nitrogens is 1. The standard InChI is InChI=1S/C32H42N4O3/c1-21-17-33-29-26(21)15-25(18-34-29)24-14-23-6-11-35(19-22-7-12-39-13-8-22)20-27(23)28(16-24)32(31(2,3)4)9-5-10-36(32)30(37)38/h14-18,22H,5-13,19-20H2,1-4H3,(H,33,34)(H,37,38). The molecule has 0 spiro atoms. The van der Waals surface area contributed by atoms with E-state index in [-0.39, 0.29) is 5.41 Å². The molecule has 3 aromatic rings. The summed E-state index contributed by atoms with van der Waals surface area (Å²) in [5.41, 5.74) is 7.35. The van der Waals surface area contributed by atoms with Crippen LogP contribution in [0.25, 0.3) is 22.2 Å². The zero-order chi connectivity index (χ0) is 27.4. The van der Waals surface area contributed by atoms with Crippen molar-refractivity contribution in [3.63, 3.8) is 0 Å². The van der Waals surface area contributed by atoms with Gasteiger partial charge in [0, 0.05) is 62.7 Å². The normalized spacial score (nSPS) is 22.9. The van der Waals surface area contributed by atoms with E-state index in [1.54, 1.807) is 4.90 Å². The molecule has 7 nitrogen and oxygen atoms in total. The van der Waals surface area contributed by atoms with Crippen LogP contribution in [0.4, 0.5) is 4.79 Å². The topological polar surface area (TPSA) is 81.7 Å². The number of rotatable bonds is 4. The number of benzene rings is 1. The van der Waals surface area contributed by atoms with Crippen LogP contribution in [0, 0.1) is 18.3 Å². The first kappa shape index (κ1) is 26.3. The van der Waals surface area contributed by atoms with E-state index in [0.29, 0.717) is 12.5 Å². The smallest absolute Gasteiger partial charge is 0.408 e. The van der Waals surface area contributed by atoms with Crippen LogP contribution in [0.5, 0.6) is 0 Å². The Labute approximate surface area is 231 Å². The van der Waals surface area contributed by atoms with E-state index in [4.69, 9.17) is 9.72 Å². The lowest BCUT2D eigenvalue weighted by atomic mass is 9.65. The lowest BCUT2D eigenvalue weighted by Gasteiger charge is -2.49. The predicted molar refractivity (Wildman–Crippen MR) is 154 cm³/mol. The fourth-order valence-corrected chi connectivity index (χ4v) is 7.54. The number of fused-ring (bicyclic) bond motifs is 2. The number of ether oxygens (including phenoxy) is 1. The van der Waals surface area contributed by atoms with Crippen LogP contribution in [0.2, 0.25) is 0 Å². The monoisotopic (exact) mass is 530 g/mol. The molecular formula is C32H42N4O3. The fourth-order valence-electron chi connectivity index (χ4n) is 7.54. The maximum atomic E-state index is 12.7. The van der Waals surface area contributed by atoms with E-state index in [2.05, 4.69) is 55.8 Å². The Morgan fingerprint density at radius 2 is 1.97 bits per heavy atom. The minimum Gasteiger partial charge on any atom is -0.465 e. The van der Waals surface area contributed by atoms with Crippen molar-refractivity contribution in [1.82, 2.24) is 19.8 Å². The summed E-state index contributed by atoms with van der Waals surface area (Å²) in [5.74, 6) is 0.670. The van der Waals surface area contributed by atoms with Gasteiger partial charge in [-0.3, -0.25) is 9.80 Å². The van der Waals surface area contributed by atoms with Crippen molar-refractivity contribution in [2.24, 2.45) is 11.3 Å². The summed E-state index contributed by atoms with van der Waals surface area (Å²) in [4.78, 5) is 25.1. The van der Waals surface area contributed by atoms with Crippen molar-refractivity contribution in [1.29, 1.82) is 0 Å². The second-order valence-electron chi connectivity index (χ2n) is 12.9. The molecule has 1 unspecified atom stereocenters. The lowest BCUT2D eigenvalue weighted by Crippen LogP contribution is -2.53. The van der Waals surface area contributed by atoms with Crippen molar-refractivity contribution < 1.29 is 14.6 Å². The van der Waals surface area contributed by atoms with Crippen LogP contribution >= 0.6 is 0 Å². The van der Waals surface area contributed by atoms with Crippen molar-refractivity contribution in [2.45, 2.75) is 71.9 Å². The number of carbonyl (C=O) groups is 1. The molecule has 5 heterocycles. The van der Waals surface area contributed by atoms with Gasteiger partial charge in [-0.2, -0.15) is 0 Å².